The molecule has 0 atom stereocenters. The van der Waals surface area contributed by atoms with Gasteiger partial charge in [-0.3, -0.25) is 4.79 Å². The largest absolute Gasteiger partial charge is 0.417 e. The Kier molecular flexibility index (Phi) is 4.81. The van der Waals surface area contributed by atoms with Crippen molar-refractivity contribution in [3.05, 3.63) is 70.2 Å². The first kappa shape index (κ1) is 17.5. The van der Waals surface area contributed by atoms with Gasteiger partial charge in [0, 0.05) is 12.1 Å². The van der Waals surface area contributed by atoms with E-state index in [1.807, 2.05) is 30.3 Å². The van der Waals surface area contributed by atoms with Gasteiger partial charge in [0.15, 0.2) is 0 Å². The molecule has 1 aliphatic rings. The first-order valence-corrected chi connectivity index (χ1v) is 8.05. The molecule has 2 aromatic carbocycles. The van der Waals surface area contributed by atoms with Gasteiger partial charge < -0.3 is 0 Å². The normalized spacial score (nSPS) is 15.0. The zero-order valence-electron chi connectivity index (χ0n) is 13.1. The zero-order valence-corrected chi connectivity index (χ0v) is 13.8. The van der Waals surface area contributed by atoms with Crippen molar-refractivity contribution in [2.24, 2.45) is 5.10 Å². The summed E-state index contributed by atoms with van der Waals surface area (Å²) in [7, 11) is 0. The Labute approximate surface area is 147 Å². The summed E-state index contributed by atoms with van der Waals surface area (Å²) in [6.07, 6.45) is -3.21. The van der Waals surface area contributed by atoms with E-state index in [1.165, 1.54) is 11.1 Å². The third-order valence-electron chi connectivity index (χ3n) is 3.89. The first-order chi connectivity index (χ1) is 11.9. The summed E-state index contributed by atoms with van der Waals surface area (Å²) in [4.78, 5) is 12.6. The molecule has 7 heteroatoms. The molecule has 0 aliphatic carbocycles. The number of nitrogens with zero attached hydrogens (tertiary/aromatic N) is 2. The Hall–Kier alpha value is -2.34. The monoisotopic (exact) mass is 366 g/mol. The number of carbonyl (C=O) groups excluding carboxylic acids is 1. The molecule has 0 fully saturated rings. The lowest BCUT2D eigenvalue weighted by atomic mass is 10.0. The molecule has 0 spiro atoms. The second kappa shape index (κ2) is 6.88. The van der Waals surface area contributed by atoms with E-state index in [-0.39, 0.29) is 5.56 Å². The van der Waals surface area contributed by atoms with Gasteiger partial charge >= 0.3 is 6.18 Å². The van der Waals surface area contributed by atoms with Gasteiger partial charge in [-0.25, -0.2) is 5.01 Å². The van der Waals surface area contributed by atoms with E-state index in [1.54, 1.807) is 0 Å². The highest BCUT2D eigenvalue weighted by Crippen LogP contribution is 2.35. The first-order valence-electron chi connectivity index (χ1n) is 7.68. The highest BCUT2D eigenvalue weighted by molar-refractivity contribution is 6.31. The lowest BCUT2D eigenvalue weighted by molar-refractivity contribution is -0.137. The fourth-order valence-electron chi connectivity index (χ4n) is 2.65. The standard InChI is InChI=1S/C18H14ClF3N2O/c19-15-9-8-13(11-14(15)18(20,21)22)17(25)24-10-4-7-16(23-24)12-5-2-1-3-6-12/h1-3,5-6,8-9,11H,4,7,10H2. The second-order valence-corrected chi connectivity index (χ2v) is 6.04. The average molecular weight is 367 g/mol. The third kappa shape index (κ3) is 3.85. The lowest BCUT2D eigenvalue weighted by Crippen LogP contribution is -2.32. The van der Waals surface area contributed by atoms with Crippen LogP contribution in [0.1, 0.15) is 34.3 Å². The number of alkyl halides is 3. The maximum atomic E-state index is 13.0. The van der Waals surface area contributed by atoms with E-state index in [2.05, 4.69) is 5.10 Å². The molecule has 0 bridgehead atoms. The van der Waals surface area contributed by atoms with Crippen LogP contribution in [0.4, 0.5) is 13.2 Å². The van der Waals surface area contributed by atoms with E-state index < -0.39 is 22.7 Å². The van der Waals surface area contributed by atoms with Crippen LogP contribution in [-0.2, 0) is 6.18 Å². The smallest absolute Gasteiger partial charge is 0.267 e. The SMILES string of the molecule is O=C(c1ccc(Cl)c(C(F)(F)F)c1)N1CCCC(c2ccccc2)=N1. The molecule has 1 amide bonds. The number of benzene rings is 2. The predicted molar refractivity (Wildman–Crippen MR) is 89.7 cm³/mol. The van der Waals surface area contributed by atoms with Gasteiger partial charge in [0.25, 0.3) is 5.91 Å². The molecular formula is C18H14ClF3N2O. The van der Waals surface area contributed by atoms with Gasteiger partial charge in [-0.15, -0.1) is 0 Å². The van der Waals surface area contributed by atoms with Crippen molar-refractivity contribution in [3.63, 3.8) is 0 Å². The minimum absolute atomic E-state index is 0.0882. The molecule has 3 nitrogen and oxygen atoms in total. The van der Waals surface area contributed by atoms with Crippen LogP contribution in [0, 0.1) is 0 Å². The molecule has 0 radical (unpaired) electrons. The summed E-state index contributed by atoms with van der Waals surface area (Å²) >= 11 is 5.60. The molecule has 2 aromatic rings. The van der Waals surface area contributed by atoms with Crippen LogP contribution in [0.5, 0.6) is 0 Å². The Morgan fingerprint density at radius 2 is 1.84 bits per heavy atom. The summed E-state index contributed by atoms with van der Waals surface area (Å²) in [6, 6.07) is 12.5. The molecule has 0 unspecified atom stereocenters. The van der Waals surface area contributed by atoms with Crippen molar-refractivity contribution >= 4 is 23.2 Å². The summed E-state index contributed by atoms with van der Waals surface area (Å²) in [5.41, 5.74) is 0.524. The maximum Gasteiger partial charge on any atom is 0.417 e. The molecular weight excluding hydrogens is 353 g/mol. The molecule has 1 aliphatic heterocycles. The Balaban J connectivity index is 1.91. The van der Waals surface area contributed by atoms with Crippen LogP contribution in [0.15, 0.2) is 53.6 Å². The number of hydrazone groups is 1. The third-order valence-corrected chi connectivity index (χ3v) is 4.21. The molecule has 0 saturated heterocycles. The van der Waals surface area contributed by atoms with Gasteiger partial charge in [-0.1, -0.05) is 41.9 Å². The quantitative estimate of drug-likeness (QED) is 0.736. The van der Waals surface area contributed by atoms with Crippen molar-refractivity contribution < 1.29 is 18.0 Å². The molecule has 0 aromatic heterocycles. The van der Waals surface area contributed by atoms with Crippen LogP contribution in [0.25, 0.3) is 0 Å². The summed E-state index contributed by atoms with van der Waals surface area (Å²) < 4.78 is 38.9. The van der Waals surface area contributed by atoms with Crippen LogP contribution in [0.3, 0.4) is 0 Å². The van der Waals surface area contributed by atoms with Crippen molar-refractivity contribution in [2.75, 3.05) is 6.54 Å². The summed E-state index contributed by atoms with van der Waals surface area (Å²) in [6.45, 7) is 0.360. The fourth-order valence-corrected chi connectivity index (χ4v) is 2.87. The summed E-state index contributed by atoms with van der Waals surface area (Å²) in [5, 5.41) is 5.11. The van der Waals surface area contributed by atoms with Crippen LogP contribution >= 0.6 is 11.6 Å². The molecule has 0 saturated carbocycles. The van der Waals surface area contributed by atoms with Crippen LogP contribution in [-0.4, -0.2) is 23.2 Å². The van der Waals surface area contributed by atoms with Crippen molar-refractivity contribution in [1.29, 1.82) is 0 Å². The number of hydrogen-bond acceptors (Lipinski definition) is 2. The zero-order chi connectivity index (χ0) is 18.0. The fraction of sp³-hybridized carbons (Fsp3) is 0.222. The van der Waals surface area contributed by atoms with Crippen molar-refractivity contribution in [1.82, 2.24) is 5.01 Å². The highest BCUT2D eigenvalue weighted by Gasteiger charge is 2.34. The molecule has 3 rings (SSSR count). The van der Waals surface area contributed by atoms with Gasteiger partial charge in [0.1, 0.15) is 0 Å². The van der Waals surface area contributed by atoms with Crippen LogP contribution in [0.2, 0.25) is 5.02 Å². The number of amides is 1. The molecule has 25 heavy (non-hydrogen) atoms. The van der Waals surface area contributed by atoms with Gasteiger partial charge in [-0.05, 0) is 36.6 Å². The lowest BCUT2D eigenvalue weighted by Gasteiger charge is -2.24. The van der Waals surface area contributed by atoms with Crippen LogP contribution < -0.4 is 0 Å². The van der Waals surface area contributed by atoms with E-state index in [9.17, 15) is 18.0 Å². The topological polar surface area (TPSA) is 32.7 Å². The predicted octanol–water partition coefficient (Wildman–Crippen LogP) is 5.00. The highest BCUT2D eigenvalue weighted by atomic mass is 35.5. The Morgan fingerprint density at radius 3 is 2.52 bits per heavy atom. The molecule has 0 N–H and O–H groups in total. The molecule has 130 valence electrons. The molecule has 1 heterocycles. The van der Waals surface area contributed by atoms with Gasteiger partial charge in [0.05, 0.1) is 16.3 Å². The van der Waals surface area contributed by atoms with Crippen molar-refractivity contribution in [3.8, 4) is 0 Å². The Bertz CT molecular complexity index is 819. The number of rotatable bonds is 2. The van der Waals surface area contributed by atoms with Crippen molar-refractivity contribution in [2.45, 2.75) is 19.0 Å². The summed E-state index contributed by atoms with van der Waals surface area (Å²) in [5.74, 6) is -0.574. The average Bonchev–Trinajstić information content (AvgIpc) is 2.61. The second-order valence-electron chi connectivity index (χ2n) is 5.64. The maximum absolute atomic E-state index is 13.0. The minimum atomic E-state index is -4.62. The van der Waals surface area contributed by atoms with E-state index in [0.29, 0.717) is 19.4 Å². The van der Waals surface area contributed by atoms with Gasteiger partial charge in [-0.2, -0.15) is 18.3 Å². The number of carbonyl (C=O) groups is 1. The van der Waals surface area contributed by atoms with Gasteiger partial charge in [0.2, 0.25) is 0 Å². The van der Waals surface area contributed by atoms with E-state index in [0.717, 1.165) is 23.4 Å². The number of halogens is 4. The van der Waals surface area contributed by atoms with E-state index in [4.69, 9.17) is 11.6 Å². The Morgan fingerprint density at radius 1 is 1.12 bits per heavy atom. The number of hydrogen-bond donors (Lipinski definition) is 0. The van der Waals surface area contributed by atoms with E-state index >= 15 is 0 Å². The minimum Gasteiger partial charge on any atom is -0.267 e.